The van der Waals surface area contributed by atoms with Crippen LogP contribution in [-0.4, -0.2) is 99.8 Å². The summed E-state index contributed by atoms with van der Waals surface area (Å²) in [6.07, 6.45) is 4.14. The van der Waals surface area contributed by atoms with Gasteiger partial charge in [-0.3, -0.25) is 14.6 Å². The number of rotatable bonds is 8. The van der Waals surface area contributed by atoms with E-state index in [4.69, 9.17) is 4.74 Å². The number of piperidine rings is 1. The average molecular weight is 312 g/mol. The fourth-order valence-corrected chi connectivity index (χ4v) is 3.19. The second-order valence-corrected chi connectivity index (χ2v) is 6.36. The molecule has 0 radical (unpaired) electrons. The predicted octanol–water partition coefficient (Wildman–Crippen LogP) is -0.147. The van der Waals surface area contributed by atoms with Crippen molar-refractivity contribution >= 4 is 5.91 Å². The molecule has 1 N–H and O–H groups in total. The van der Waals surface area contributed by atoms with E-state index in [1.165, 1.54) is 45.4 Å². The summed E-state index contributed by atoms with van der Waals surface area (Å²) in [6, 6.07) is 0. The molecule has 0 saturated carbocycles. The van der Waals surface area contributed by atoms with E-state index in [1.807, 2.05) is 0 Å². The van der Waals surface area contributed by atoms with Crippen molar-refractivity contribution in [1.82, 2.24) is 20.0 Å². The predicted molar refractivity (Wildman–Crippen MR) is 88.1 cm³/mol. The first-order valence-electron chi connectivity index (χ1n) is 8.70. The van der Waals surface area contributed by atoms with Gasteiger partial charge in [0.2, 0.25) is 5.91 Å². The van der Waals surface area contributed by atoms with Gasteiger partial charge in [-0.15, -0.1) is 0 Å². The van der Waals surface area contributed by atoms with Crippen molar-refractivity contribution in [3.8, 4) is 0 Å². The Morgan fingerprint density at radius 3 is 2.14 bits per heavy atom. The highest BCUT2D eigenvalue weighted by atomic mass is 16.5. The molecule has 0 unspecified atom stereocenters. The lowest BCUT2D eigenvalue weighted by Crippen LogP contribution is -2.51. The molecule has 0 aliphatic carbocycles. The molecule has 2 fully saturated rings. The molecule has 2 saturated heterocycles. The van der Waals surface area contributed by atoms with E-state index in [2.05, 4.69) is 20.0 Å². The largest absolute Gasteiger partial charge is 0.383 e. The van der Waals surface area contributed by atoms with Gasteiger partial charge in [0, 0.05) is 52.9 Å². The van der Waals surface area contributed by atoms with E-state index in [0.29, 0.717) is 19.7 Å². The Labute approximate surface area is 134 Å². The van der Waals surface area contributed by atoms with Gasteiger partial charge in [-0.05, 0) is 25.9 Å². The van der Waals surface area contributed by atoms with Crippen LogP contribution in [0.5, 0.6) is 0 Å². The Hall–Kier alpha value is -0.690. The second-order valence-electron chi connectivity index (χ2n) is 6.36. The third kappa shape index (κ3) is 6.60. The van der Waals surface area contributed by atoms with Gasteiger partial charge in [0.05, 0.1) is 13.2 Å². The highest BCUT2D eigenvalue weighted by Gasteiger charge is 2.19. The summed E-state index contributed by atoms with van der Waals surface area (Å²) < 4.78 is 4.93. The van der Waals surface area contributed by atoms with Crippen molar-refractivity contribution in [3.63, 3.8) is 0 Å². The minimum Gasteiger partial charge on any atom is -0.383 e. The van der Waals surface area contributed by atoms with Gasteiger partial charge in [-0.1, -0.05) is 6.42 Å². The molecule has 0 atom stereocenters. The molecule has 22 heavy (non-hydrogen) atoms. The molecule has 2 heterocycles. The van der Waals surface area contributed by atoms with Crippen LogP contribution in [-0.2, 0) is 9.53 Å². The van der Waals surface area contributed by atoms with Crippen molar-refractivity contribution in [2.24, 2.45) is 0 Å². The summed E-state index contributed by atoms with van der Waals surface area (Å²) in [7, 11) is 1.65. The monoisotopic (exact) mass is 312 g/mol. The molecule has 6 heteroatoms. The third-order valence-corrected chi connectivity index (χ3v) is 4.64. The van der Waals surface area contributed by atoms with E-state index >= 15 is 0 Å². The number of likely N-dealkylation sites (tertiary alicyclic amines) is 1. The molecule has 0 aromatic carbocycles. The Morgan fingerprint density at radius 2 is 1.50 bits per heavy atom. The van der Waals surface area contributed by atoms with Gasteiger partial charge >= 0.3 is 0 Å². The lowest BCUT2D eigenvalue weighted by Gasteiger charge is -2.36. The highest BCUT2D eigenvalue weighted by Crippen LogP contribution is 2.09. The van der Waals surface area contributed by atoms with Crippen LogP contribution in [0.4, 0.5) is 0 Å². The fraction of sp³-hybridized carbons (Fsp3) is 0.938. The minimum atomic E-state index is 0.110. The van der Waals surface area contributed by atoms with Crippen molar-refractivity contribution < 1.29 is 9.53 Å². The Balaban J connectivity index is 1.54. The Morgan fingerprint density at radius 1 is 0.909 bits per heavy atom. The summed E-state index contributed by atoms with van der Waals surface area (Å²) in [5.74, 6) is 0.110. The van der Waals surface area contributed by atoms with Gasteiger partial charge in [-0.25, -0.2) is 0 Å². The van der Waals surface area contributed by atoms with E-state index in [1.54, 1.807) is 7.11 Å². The highest BCUT2D eigenvalue weighted by molar-refractivity contribution is 5.77. The van der Waals surface area contributed by atoms with Crippen LogP contribution < -0.4 is 5.32 Å². The zero-order valence-corrected chi connectivity index (χ0v) is 14.1. The lowest BCUT2D eigenvalue weighted by molar-refractivity contribution is -0.122. The average Bonchev–Trinajstić information content (AvgIpc) is 2.55. The summed E-state index contributed by atoms with van der Waals surface area (Å²) in [5.41, 5.74) is 0. The van der Waals surface area contributed by atoms with E-state index in [-0.39, 0.29) is 5.91 Å². The number of piperazine rings is 1. The number of hydrogen-bond acceptors (Lipinski definition) is 5. The summed E-state index contributed by atoms with van der Waals surface area (Å²) in [5, 5.41) is 2.88. The SMILES string of the molecule is COCCNC(=O)CN1CCN(CCN2CCCCC2)CC1. The molecule has 0 spiro atoms. The third-order valence-electron chi connectivity index (χ3n) is 4.64. The van der Waals surface area contributed by atoms with Crippen LogP contribution in [0, 0.1) is 0 Å². The van der Waals surface area contributed by atoms with Crippen LogP contribution >= 0.6 is 0 Å². The van der Waals surface area contributed by atoms with Crippen molar-refractivity contribution in [2.45, 2.75) is 19.3 Å². The minimum absolute atomic E-state index is 0.110. The first-order chi connectivity index (χ1) is 10.8. The Bertz CT molecular complexity index is 313. The van der Waals surface area contributed by atoms with Crippen LogP contribution in [0.15, 0.2) is 0 Å². The summed E-state index contributed by atoms with van der Waals surface area (Å²) in [6.45, 7) is 10.8. The normalized spacial score (nSPS) is 21.9. The molecule has 0 aromatic rings. The maximum atomic E-state index is 11.8. The number of carbonyl (C=O) groups is 1. The molecule has 2 aliphatic heterocycles. The van der Waals surface area contributed by atoms with Gasteiger partial charge in [0.15, 0.2) is 0 Å². The number of hydrogen-bond donors (Lipinski definition) is 1. The van der Waals surface area contributed by atoms with Gasteiger partial charge in [-0.2, -0.15) is 0 Å². The fourth-order valence-electron chi connectivity index (χ4n) is 3.19. The Kier molecular flexibility index (Phi) is 8.15. The van der Waals surface area contributed by atoms with Crippen molar-refractivity contribution in [3.05, 3.63) is 0 Å². The maximum absolute atomic E-state index is 11.8. The molecular formula is C16H32N4O2. The maximum Gasteiger partial charge on any atom is 0.234 e. The molecule has 6 nitrogen and oxygen atoms in total. The summed E-state index contributed by atoms with van der Waals surface area (Å²) >= 11 is 0. The van der Waals surface area contributed by atoms with Crippen molar-refractivity contribution in [2.75, 3.05) is 79.2 Å². The number of methoxy groups -OCH3 is 1. The number of carbonyl (C=O) groups excluding carboxylic acids is 1. The number of ether oxygens (including phenoxy) is 1. The zero-order chi connectivity index (χ0) is 15.6. The molecule has 2 aliphatic rings. The van der Waals surface area contributed by atoms with Gasteiger partial charge in [0.25, 0.3) is 0 Å². The van der Waals surface area contributed by atoms with Crippen LogP contribution in [0.1, 0.15) is 19.3 Å². The van der Waals surface area contributed by atoms with Crippen LogP contribution in [0.3, 0.4) is 0 Å². The van der Waals surface area contributed by atoms with E-state index in [9.17, 15) is 4.79 Å². The molecular weight excluding hydrogens is 280 g/mol. The topological polar surface area (TPSA) is 48.1 Å². The van der Waals surface area contributed by atoms with Crippen LogP contribution in [0.25, 0.3) is 0 Å². The molecule has 0 aromatic heterocycles. The first kappa shape index (κ1) is 17.7. The molecule has 128 valence electrons. The second kappa shape index (κ2) is 10.2. The van der Waals surface area contributed by atoms with Crippen LogP contribution in [0.2, 0.25) is 0 Å². The first-order valence-corrected chi connectivity index (χ1v) is 8.70. The van der Waals surface area contributed by atoms with Gasteiger partial charge in [0.1, 0.15) is 0 Å². The van der Waals surface area contributed by atoms with E-state index < -0.39 is 0 Å². The standard InChI is InChI=1S/C16H32N4O2/c1-22-14-5-17-16(21)15-20-12-10-19(11-13-20)9-8-18-6-3-2-4-7-18/h2-15H2,1H3,(H,17,21). The number of amides is 1. The smallest absolute Gasteiger partial charge is 0.234 e. The van der Waals surface area contributed by atoms with Crippen molar-refractivity contribution in [1.29, 1.82) is 0 Å². The number of nitrogens with one attached hydrogen (secondary N) is 1. The lowest BCUT2D eigenvalue weighted by atomic mass is 10.1. The quantitative estimate of drug-likeness (QED) is 0.632. The number of nitrogens with zero attached hydrogens (tertiary/aromatic N) is 3. The van der Waals surface area contributed by atoms with E-state index in [0.717, 1.165) is 26.2 Å². The summed E-state index contributed by atoms with van der Waals surface area (Å²) in [4.78, 5) is 19.2. The molecule has 0 bridgehead atoms. The zero-order valence-electron chi connectivity index (χ0n) is 14.1. The molecule has 2 rings (SSSR count). The molecule has 1 amide bonds. The van der Waals surface area contributed by atoms with Gasteiger partial charge < -0.3 is 15.0 Å².